The minimum absolute atomic E-state index is 0.215. The molecule has 1 heterocycles. The molecule has 142 valence electrons. The summed E-state index contributed by atoms with van der Waals surface area (Å²) in [5.41, 5.74) is -1.75. The molecule has 0 spiro atoms. The summed E-state index contributed by atoms with van der Waals surface area (Å²) in [7, 11) is 0. The van der Waals surface area contributed by atoms with Crippen LogP contribution in [-0.2, 0) is 9.53 Å². The number of carbonyl (C=O) groups is 2. The van der Waals surface area contributed by atoms with E-state index in [1.165, 1.54) is 0 Å². The molecule has 1 aromatic rings. The largest absolute Gasteiger partial charge is 0.490 e. The lowest BCUT2D eigenvalue weighted by molar-refractivity contribution is -0.190. The zero-order valence-corrected chi connectivity index (χ0v) is 15.3. The van der Waals surface area contributed by atoms with Gasteiger partial charge in [-0.15, -0.1) is 0 Å². The number of rotatable bonds is 5. The third kappa shape index (κ3) is 2.90. The van der Waals surface area contributed by atoms with E-state index in [4.69, 9.17) is 14.2 Å². The average molecular weight is 363 g/mol. The molecular formula is C19H25NO6. The first-order chi connectivity index (χ1) is 12.3. The summed E-state index contributed by atoms with van der Waals surface area (Å²) in [6.45, 7) is 7.05. The van der Waals surface area contributed by atoms with Gasteiger partial charge in [-0.2, -0.15) is 0 Å². The van der Waals surface area contributed by atoms with Gasteiger partial charge < -0.3 is 24.6 Å². The van der Waals surface area contributed by atoms with E-state index in [1.807, 2.05) is 6.92 Å². The summed E-state index contributed by atoms with van der Waals surface area (Å²) in [6, 6.07) is 4.89. The number of carbonyl (C=O) groups excluding carboxylic acids is 1. The van der Waals surface area contributed by atoms with Crippen molar-refractivity contribution in [3.63, 3.8) is 0 Å². The number of benzene rings is 1. The van der Waals surface area contributed by atoms with Crippen molar-refractivity contribution < 1.29 is 28.9 Å². The molecule has 2 atom stereocenters. The van der Waals surface area contributed by atoms with Crippen LogP contribution in [0.15, 0.2) is 18.2 Å². The van der Waals surface area contributed by atoms with Gasteiger partial charge in [0.05, 0.1) is 19.3 Å². The first-order valence-electron chi connectivity index (χ1n) is 8.89. The Bertz CT molecular complexity index is 716. The number of carboxylic acid groups (broad SMARTS) is 1. The molecule has 1 fully saturated rings. The second kappa shape index (κ2) is 6.79. The standard InChI is InChI=1S/C19H25NO6/c1-4-24-15-11-19(17(22)23,18(15,2)3)20-16(21)12-6-7-13-14(10-12)26-9-5-8-25-13/h6-7,10,15H,4-5,8-9,11H2,1-3H3,(H,20,21)(H,22,23). The molecule has 26 heavy (non-hydrogen) atoms. The quantitative estimate of drug-likeness (QED) is 0.833. The number of nitrogens with one attached hydrogen (secondary N) is 1. The summed E-state index contributed by atoms with van der Waals surface area (Å²) in [4.78, 5) is 24.8. The molecule has 7 heteroatoms. The fraction of sp³-hybridized carbons (Fsp3) is 0.579. The Morgan fingerprint density at radius 3 is 2.58 bits per heavy atom. The Balaban J connectivity index is 1.82. The predicted molar refractivity (Wildman–Crippen MR) is 93.7 cm³/mol. The molecule has 0 bridgehead atoms. The molecule has 1 aliphatic heterocycles. The van der Waals surface area contributed by atoms with Crippen molar-refractivity contribution in [3.8, 4) is 11.5 Å². The Morgan fingerprint density at radius 2 is 1.96 bits per heavy atom. The molecule has 3 rings (SSSR count). The second-order valence-corrected chi connectivity index (χ2v) is 7.25. The minimum atomic E-state index is -1.37. The number of aliphatic carboxylic acids is 1. The molecule has 0 aromatic heterocycles. The highest BCUT2D eigenvalue weighted by atomic mass is 16.5. The molecule has 1 amide bonds. The number of amides is 1. The molecule has 1 aliphatic carbocycles. The highest BCUT2D eigenvalue weighted by Gasteiger charge is 2.66. The van der Waals surface area contributed by atoms with Gasteiger partial charge in [0, 0.05) is 30.4 Å². The van der Waals surface area contributed by atoms with E-state index in [1.54, 1.807) is 32.0 Å². The van der Waals surface area contributed by atoms with Crippen molar-refractivity contribution in [2.75, 3.05) is 19.8 Å². The molecule has 2 unspecified atom stereocenters. The van der Waals surface area contributed by atoms with Gasteiger partial charge in [0.1, 0.15) is 5.54 Å². The number of fused-ring (bicyclic) bond motifs is 1. The van der Waals surface area contributed by atoms with Crippen LogP contribution in [0.3, 0.4) is 0 Å². The van der Waals surface area contributed by atoms with Crippen LogP contribution in [0, 0.1) is 5.41 Å². The minimum Gasteiger partial charge on any atom is -0.490 e. The maximum absolute atomic E-state index is 12.8. The normalized spacial score (nSPS) is 26.3. The lowest BCUT2D eigenvalue weighted by Crippen LogP contribution is -2.76. The van der Waals surface area contributed by atoms with E-state index >= 15 is 0 Å². The molecule has 0 saturated heterocycles. The lowest BCUT2D eigenvalue weighted by Gasteiger charge is -2.58. The van der Waals surface area contributed by atoms with E-state index in [-0.39, 0.29) is 12.5 Å². The maximum atomic E-state index is 12.8. The Kier molecular flexibility index (Phi) is 4.84. The second-order valence-electron chi connectivity index (χ2n) is 7.25. The summed E-state index contributed by atoms with van der Waals surface area (Å²) in [5.74, 6) is -0.417. The lowest BCUT2D eigenvalue weighted by atomic mass is 9.54. The third-order valence-corrected chi connectivity index (χ3v) is 5.47. The van der Waals surface area contributed by atoms with Gasteiger partial charge in [-0.3, -0.25) is 4.79 Å². The summed E-state index contributed by atoms with van der Waals surface area (Å²) in [5, 5.41) is 12.5. The number of hydrogen-bond acceptors (Lipinski definition) is 5. The molecule has 7 nitrogen and oxygen atoms in total. The zero-order valence-electron chi connectivity index (χ0n) is 15.3. The molecule has 2 N–H and O–H groups in total. The highest BCUT2D eigenvalue weighted by Crippen LogP contribution is 2.51. The summed E-state index contributed by atoms with van der Waals surface area (Å²) in [6.07, 6.45) is 0.790. The topological polar surface area (TPSA) is 94.1 Å². The maximum Gasteiger partial charge on any atom is 0.330 e. The van der Waals surface area contributed by atoms with Gasteiger partial charge in [0.25, 0.3) is 5.91 Å². The van der Waals surface area contributed by atoms with Crippen LogP contribution in [0.25, 0.3) is 0 Å². The first kappa shape index (κ1) is 18.5. The predicted octanol–water partition coefficient (Wildman–Crippen LogP) is 2.24. The fourth-order valence-electron chi connectivity index (χ4n) is 3.61. The SMILES string of the molecule is CCOC1CC(NC(=O)c2ccc3c(c2)OCCCO3)(C(=O)O)C1(C)C. The van der Waals surface area contributed by atoms with Crippen molar-refractivity contribution >= 4 is 11.9 Å². The summed E-state index contributed by atoms with van der Waals surface area (Å²) < 4.78 is 16.8. The molecule has 0 radical (unpaired) electrons. The van der Waals surface area contributed by atoms with Crippen molar-refractivity contribution in [2.45, 2.75) is 45.3 Å². The third-order valence-electron chi connectivity index (χ3n) is 5.47. The van der Waals surface area contributed by atoms with E-state index in [0.717, 1.165) is 6.42 Å². The first-order valence-corrected chi connectivity index (χ1v) is 8.89. The fourth-order valence-corrected chi connectivity index (χ4v) is 3.61. The van der Waals surface area contributed by atoms with Crippen LogP contribution < -0.4 is 14.8 Å². The monoisotopic (exact) mass is 363 g/mol. The van der Waals surface area contributed by atoms with Crippen LogP contribution in [0.1, 0.15) is 44.0 Å². The average Bonchev–Trinajstić information content (AvgIpc) is 2.84. The number of hydrogen-bond donors (Lipinski definition) is 2. The van der Waals surface area contributed by atoms with E-state index in [2.05, 4.69) is 5.32 Å². The molecule has 1 aromatic carbocycles. The van der Waals surface area contributed by atoms with Crippen LogP contribution in [0.4, 0.5) is 0 Å². The molecule has 1 saturated carbocycles. The van der Waals surface area contributed by atoms with Crippen molar-refractivity contribution in [1.82, 2.24) is 5.32 Å². The van der Waals surface area contributed by atoms with Crippen molar-refractivity contribution in [1.29, 1.82) is 0 Å². The van der Waals surface area contributed by atoms with Gasteiger partial charge in [-0.25, -0.2) is 4.79 Å². The zero-order chi connectivity index (χ0) is 18.9. The van der Waals surface area contributed by atoms with Gasteiger partial charge in [0.15, 0.2) is 11.5 Å². The van der Waals surface area contributed by atoms with E-state index in [9.17, 15) is 14.7 Å². The van der Waals surface area contributed by atoms with Gasteiger partial charge in [0.2, 0.25) is 0 Å². The van der Waals surface area contributed by atoms with E-state index < -0.39 is 22.8 Å². The highest BCUT2D eigenvalue weighted by molar-refractivity contribution is 5.99. The molecular weight excluding hydrogens is 338 g/mol. The number of ether oxygens (including phenoxy) is 3. The Hall–Kier alpha value is -2.28. The van der Waals surface area contributed by atoms with Crippen molar-refractivity contribution in [3.05, 3.63) is 23.8 Å². The summed E-state index contributed by atoms with van der Waals surface area (Å²) >= 11 is 0. The van der Waals surface area contributed by atoms with Gasteiger partial charge in [-0.1, -0.05) is 13.8 Å². The van der Waals surface area contributed by atoms with Gasteiger partial charge >= 0.3 is 5.97 Å². The Morgan fingerprint density at radius 1 is 1.27 bits per heavy atom. The van der Waals surface area contributed by atoms with Gasteiger partial charge in [-0.05, 0) is 25.1 Å². The Labute approximate surface area is 152 Å². The van der Waals surface area contributed by atoms with Crippen molar-refractivity contribution in [2.24, 2.45) is 5.41 Å². The van der Waals surface area contributed by atoms with Crippen LogP contribution >= 0.6 is 0 Å². The van der Waals surface area contributed by atoms with Crippen LogP contribution in [0.5, 0.6) is 11.5 Å². The number of carboxylic acids is 1. The van der Waals surface area contributed by atoms with Crippen LogP contribution in [-0.4, -0.2) is 48.4 Å². The molecule has 2 aliphatic rings. The van der Waals surface area contributed by atoms with Crippen LogP contribution in [0.2, 0.25) is 0 Å². The van der Waals surface area contributed by atoms with E-state index in [0.29, 0.717) is 36.9 Å². The smallest absolute Gasteiger partial charge is 0.330 e.